The summed E-state index contributed by atoms with van der Waals surface area (Å²) in [5.74, 6) is 0.794. The molecule has 0 bridgehead atoms. The first-order valence-electron chi connectivity index (χ1n) is 12.7. The topological polar surface area (TPSA) is 108 Å². The summed E-state index contributed by atoms with van der Waals surface area (Å²) in [4.78, 5) is 15.7. The summed E-state index contributed by atoms with van der Waals surface area (Å²) < 4.78 is 0. The van der Waals surface area contributed by atoms with E-state index in [-0.39, 0.29) is 6.17 Å². The third-order valence-electron chi connectivity index (χ3n) is 6.94. The van der Waals surface area contributed by atoms with Crippen LogP contribution in [0, 0.1) is 18.3 Å². The lowest BCUT2D eigenvalue weighted by Gasteiger charge is -2.21. The predicted octanol–water partition coefficient (Wildman–Crippen LogP) is 3.95. The van der Waals surface area contributed by atoms with E-state index in [1.807, 2.05) is 54.5 Å². The second-order valence-corrected chi connectivity index (χ2v) is 9.53. The Bertz CT molecular complexity index is 1440. The first-order chi connectivity index (χ1) is 18.2. The number of H-pyrrole nitrogens is 1. The molecule has 1 atom stereocenters. The summed E-state index contributed by atoms with van der Waals surface area (Å²) in [7, 11) is 0. The van der Waals surface area contributed by atoms with Crippen molar-refractivity contribution in [2.75, 3.05) is 18.4 Å². The largest absolute Gasteiger partial charge is 0.378 e. The number of fused-ring (bicyclic) bond motifs is 1. The van der Waals surface area contributed by atoms with Crippen LogP contribution in [0.25, 0.3) is 17.0 Å². The van der Waals surface area contributed by atoms with Gasteiger partial charge in [-0.25, -0.2) is 9.99 Å². The summed E-state index contributed by atoms with van der Waals surface area (Å²) in [6, 6.07) is 14.2. The SMILES string of the molecule is Cc1cccc(-c2[nH]c(CNc3cccc(C#N)c3CN3CCCC3)nc2C2=CN3N=CNC3C=C2)n1. The fraction of sp³-hybridized carbons (Fsp3) is 0.286. The highest BCUT2D eigenvalue weighted by Gasteiger charge is 2.24. The van der Waals surface area contributed by atoms with Crippen LogP contribution in [0.2, 0.25) is 0 Å². The van der Waals surface area contributed by atoms with Gasteiger partial charge in [-0.3, -0.25) is 9.88 Å². The van der Waals surface area contributed by atoms with E-state index in [0.29, 0.717) is 12.1 Å². The summed E-state index contributed by atoms with van der Waals surface area (Å²) >= 11 is 0. The second-order valence-electron chi connectivity index (χ2n) is 9.53. The monoisotopic (exact) mass is 491 g/mol. The van der Waals surface area contributed by atoms with E-state index in [4.69, 9.17) is 9.97 Å². The number of aryl methyl sites for hydroxylation is 1. The summed E-state index contributed by atoms with van der Waals surface area (Å²) in [6.45, 7) is 5.41. The number of imidazole rings is 1. The molecule has 0 spiro atoms. The number of aromatic nitrogens is 3. The van der Waals surface area contributed by atoms with Gasteiger partial charge >= 0.3 is 0 Å². The molecule has 0 saturated carbocycles. The molecule has 37 heavy (non-hydrogen) atoms. The van der Waals surface area contributed by atoms with Crippen LogP contribution in [0.15, 0.2) is 59.9 Å². The average molecular weight is 492 g/mol. The van der Waals surface area contributed by atoms with Crippen LogP contribution in [-0.2, 0) is 13.1 Å². The second kappa shape index (κ2) is 9.91. The molecule has 0 aliphatic carbocycles. The van der Waals surface area contributed by atoms with Gasteiger partial charge < -0.3 is 15.6 Å². The van der Waals surface area contributed by atoms with Crippen molar-refractivity contribution in [2.24, 2.45) is 5.10 Å². The van der Waals surface area contributed by atoms with Gasteiger partial charge in [-0.1, -0.05) is 18.2 Å². The number of benzene rings is 1. The summed E-state index contributed by atoms with van der Waals surface area (Å²) in [6.07, 6.45) is 10.3. The Morgan fingerprint density at radius 3 is 2.84 bits per heavy atom. The van der Waals surface area contributed by atoms with E-state index in [0.717, 1.165) is 65.1 Å². The van der Waals surface area contributed by atoms with Crippen LogP contribution >= 0.6 is 0 Å². The number of rotatable bonds is 7. The number of allylic oxidation sites excluding steroid dienone is 2. The van der Waals surface area contributed by atoms with E-state index in [2.05, 4.69) is 43.8 Å². The van der Waals surface area contributed by atoms with Gasteiger partial charge in [0.1, 0.15) is 18.3 Å². The van der Waals surface area contributed by atoms with E-state index in [1.165, 1.54) is 12.8 Å². The van der Waals surface area contributed by atoms with E-state index in [1.54, 1.807) is 6.34 Å². The van der Waals surface area contributed by atoms with Crippen LogP contribution < -0.4 is 10.6 Å². The minimum atomic E-state index is 0.0332. The van der Waals surface area contributed by atoms with Crippen LogP contribution in [0.1, 0.15) is 41.2 Å². The zero-order valence-corrected chi connectivity index (χ0v) is 20.8. The molecule has 9 nitrogen and oxygen atoms in total. The lowest BCUT2D eigenvalue weighted by molar-refractivity contribution is 0.331. The lowest BCUT2D eigenvalue weighted by Crippen LogP contribution is -2.32. The van der Waals surface area contributed by atoms with Crippen molar-refractivity contribution in [1.29, 1.82) is 5.26 Å². The Hall–Kier alpha value is -4.42. The van der Waals surface area contributed by atoms with Gasteiger partial charge in [0.15, 0.2) is 0 Å². The standard InChI is InChI=1S/C28H29N9/c1-19-6-4-9-24(33-19)28-27(21-10-11-26-31-18-32-37(26)16-21)34-25(35-28)15-30-23-8-5-7-20(14-29)22(23)17-36-12-2-3-13-36/h4-11,16,18,26,30H,2-3,12-13,15,17H2,1H3,(H,31,32)(H,34,35). The molecule has 186 valence electrons. The minimum Gasteiger partial charge on any atom is -0.378 e. The number of hydrogen-bond acceptors (Lipinski definition) is 8. The molecule has 0 radical (unpaired) electrons. The maximum absolute atomic E-state index is 9.75. The third-order valence-corrected chi connectivity index (χ3v) is 6.94. The van der Waals surface area contributed by atoms with Gasteiger partial charge in [0.25, 0.3) is 0 Å². The molecular formula is C28H29N9. The molecule has 3 aliphatic heterocycles. The Balaban J connectivity index is 1.31. The molecular weight excluding hydrogens is 462 g/mol. The molecule has 1 fully saturated rings. The van der Waals surface area contributed by atoms with Crippen LogP contribution in [-0.4, -0.2) is 50.5 Å². The highest BCUT2D eigenvalue weighted by molar-refractivity contribution is 5.82. The highest BCUT2D eigenvalue weighted by atomic mass is 15.6. The predicted molar refractivity (Wildman–Crippen MR) is 144 cm³/mol. The Morgan fingerprint density at radius 2 is 2.00 bits per heavy atom. The number of nitriles is 1. The average Bonchev–Trinajstić information content (AvgIpc) is 3.68. The van der Waals surface area contributed by atoms with E-state index >= 15 is 0 Å². The zero-order valence-electron chi connectivity index (χ0n) is 20.8. The van der Waals surface area contributed by atoms with Gasteiger partial charge in [-0.05, 0) is 63.2 Å². The molecule has 3 aliphatic rings. The molecule has 9 heteroatoms. The van der Waals surface area contributed by atoms with Gasteiger partial charge in [0.05, 0.1) is 35.3 Å². The number of hydrazone groups is 1. The Kier molecular flexibility index (Phi) is 6.16. The van der Waals surface area contributed by atoms with Crippen LogP contribution in [0.4, 0.5) is 5.69 Å². The third kappa shape index (κ3) is 4.71. The number of hydrogen-bond donors (Lipinski definition) is 3. The maximum atomic E-state index is 9.75. The van der Waals surface area contributed by atoms with Gasteiger partial charge in [0.2, 0.25) is 0 Å². The summed E-state index contributed by atoms with van der Waals surface area (Å²) in [5, 5.41) is 22.7. The van der Waals surface area contributed by atoms with Crippen molar-refractivity contribution in [3.05, 3.63) is 83.1 Å². The van der Waals surface area contributed by atoms with Gasteiger partial charge in [0, 0.05) is 35.3 Å². The molecule has 3 N–H and O–H groups in total. The van der Waals surface area contributed by atoms with Crippen molar-refractivity contribution in [1.82, 2.24) is 30.2 Å². The molecule has 2 aromatic heterocycles. The van der Waals surface area contributed by atoms with Gasteiger partial charge in [-0.15, -0.1) is 0 Å². The number of likely N-dealkylation sites (tertiary alicyclic amines) is 1. The lowest BCUT2D eigenvalue weighted by atomic mass is 10.1. The highest BCUT2D eigenvalue weighted by Crippen LogP contribution is 2.31. The molecule has 5 heterocycles. The normalized spacial score (nSPS) is 18.4. The first kappa shape index (κ1) is 23.0. The summed E-state index contributed by atoms with van der Waals surface area (Å²) in [5.41, 5.74) is 7.17. The van der Waals surface area contributed by atoms with Crippen molar-refractivity contribution < 1.29 is 0 Å². The van der Waals surface area contributed by atoms with E-state index in [9.17, 15) is 5.26 Å². The number of aromatic amines is 1. The molecule has 1 saturated heterocycles. The van der Waals surface area contributed by atoms with Crippen molar-refractivity contribution in [3.8, 4) is 17.5 Å². The van der Waals surface area contributed by atoms with Crippen molar-refractivity contribution in [2.45, 2.75) is 39.0 Å². The molecule has 1 aromatic carbocycles. The first-order valence-corrected chi connectivity index (χ1v) is 12.7. The van der Waals surface area contributed by atoms with Crippen molar-refractivity contribution >= 4 is 17.6 Å². The molecule has 6 rings (SSSR count). The van der Waals surface area contributed by atoms with Crippen LogP contribution in [0.5, 0.6) is 0 Å². The minimum absolute atomic E-state index is 0.0332. The van der Waals surface area contributed by atoms with Gasteiger partial charge in [-0.2, -0.15) is 10.4 Å². The molecule has 3 aromatic rings. The van der Waals surface area contributed by atoms with Crippen LogP contribution in [0.3, 0.4) is 0 Å². The van der Waals surface area contributed by atoms with Crippen molar-refractivity contribution in [3.63, 3.8) is 0 Å². The molecule has 1 unspecified atom stereocenters. The number of nitrogens with zero attached hydrogens (tertiary/aromatic N) is 6. The molecule has 0 amide bonds. The maximum Gasteiger partial charge on any atom is 0.140 e. The smallest absolute Gasteiger partial charge is 0.140 e. The quantitative estimate of drug-likeness (QED) is 0.459. The number of anilines is 1. The number of pyridine rings is 1. The zero-order chi connectivity index (χ0) is 25.2. The fourth-order valence-electron chi connectivity index (χ4n) is 5.06. The fourth-order valence-corrected chi connectivity index (χ4v) is 5.06. The number of nitrogens with one attached hydrogen (secondary N) is 3. The Labute approximate surface area is 216 Å². The Morgan fingerprint density at radius 1 is 1.14 bits per heavy atom. The van der Waals surface area contributed by atoms with E-state index < -0.39 is 0 Å².